The van der Waals surface area contributed by atoms with Crippen molar-refractivity contribution >= 4 is 0 Å². The van der Waals surface area contributed by atoms with Crippen LogP contribution in [-0.2, 0) is 18.9 Å². The second-order valence-corrected chi connectivity index (χ2v) is 9.68. The van der Waals surface area contributed by atoms with Crippen molar-refractivity contribution in [1.29, 1.82) is 0 Å². The molecule has 11 heteroatoms. The molecule has 2 saturated heterocycles. The maximum atomic E-state index is 10.5. The minimum absolute atomic E-state index is 0.0400. The van der Waals surface area contributed by atoms with Gasteiger partial charge < -0.3 is 54.7 Å². The lowest BCUT2D eigenvalue weighted by Gasteiger charge is -2.43. The van der Waals surface area contributed by atoms with Gasteiger partial charge in [0, 0.05) is 0 Å². The number of hydrogen-bond donors (Lipinski definition) is 7. The Bertz CT molecular complexity index is 582. The fraction of sp³-hybridized carbons (Fsp3) is 1.00. The van der Waals surface area contributed by atoms with Gasteiger partial charge in [-0.15, -0.1) is 0 Å². The van der Waals surface area contributed by atoms with E-state index in [2.05, 4.69) is 13.8 Å². The molecule has 0 bridgehead atoms. The van der Waals surface area contributed by atoms with Gasteiger partial charge in [-0.2, -0.15) is 0 Å². The lowest BCUT2D eigenvalue weighted by Crippen LogP contribution is -2.63. The normalized spacial score (nSPS) is 38.7. The molecule has 0 amide bonds. The first-order valence-corrected chi connectivity index (χ1v) is 13.0. The molecule has 11 nitrogen and oxygen atoms in total. The van der Waals surface area contributed by atoms with Crippen LogP contribution in [0.15, 0.2) is 0 Å². The predicted octanol–water partition coefficient (Wildman–Crippen LogP) is -0.452. The van der Waals surface area contributed by atoms with Crippen LogP contribution in [0, 0.1) is 0 Å². The average molecular weight is 511 g/mol. The van der Waals surface area contributed by atoms with Crippen molar-refractivity contribution in [2.24, 2.45) is 0 Å². The monoisotopic (exact) mass is 510 g/mol. The molecule has 2 aliphatic heterocycles. The number of unbranched alkanes of at least 4 members (excludes halogenated alkanes) is 5. The van der Waals surface area contributed by atoms with Crippen LogP contribution >= 0.6 is 0 Å². The highest BCUT2D eigenvalue weighted by Crippen LogP contribution is 2.36. The number of rotatable bonds is 16. The first-order chi connectivity index (χ1) is 16.7. The van der Waals surface area contributed by atoms with Crippen molar-refractivity contribution in [3.63, 3.8) is 0 Å². The fourth-order valence-corrected chi connectivity index (χ4v) is 4.58. The van der Waals surface area contributed by atoms with E-state index < -0.39 is 68.0 Å². The van der Waals surface area contributed by atoms with Gasteiger partial charge in [0.1, 0.15) is 49.3 Å². The lowest BCUT2D eigenvalue weighted by atomic mass is 9.98. The van der Waals surface area contributed by atoms with Gasteiger partial charge in [-0.05, 0) is 12.8 Å². The van der Waals surface area contributed by atoms with E-state index in [0.29, 0.717) is 0 Å². The van der Waals surface area contributed by atoms with Crippen LogP contribution in [-0.4, -0.2) is 116 Å². The van der Waals surface area contributed by atoms with E-state index in [1.165, 1.54) is 0 Å². The molecule has 1 unspecified atom stereocenters. The topological polar surface area (TPSA) is 179 Å². The van der Waals surface area contributed by atoms with Gasteiger partial charge in [0.15, 0.2) is 6.29 Å². The zero-order valence-electron chi connectivity index (χ0n) is 20.9. The lowest BCUT2D eigenvalue weighted by molar-refractivity contribution is -0.384. The molecule has 0 aromatic heterocycles. The molecule has 35 heavy (non-hydrogen) atoms. The zero-order valence-corrected chi connectivity index (χ0v) is 20.9. The quantitative estimate of drug-likeness (QED) is 0.134. The Hall–Kier alpha value is -0.440. The summed E-state index contributed by atoms with van der Waals surface area (Å²) >= 11 is 0. The molecule has 0 aromatic carbocycles. The highest BCUT2D eigenvalue weighted by Gasteiger charge is 2.58. The van der Waals surface area contributed by atoms with E-state index >= 15 is 0 Å². The molecule has 2 rings (SSSR count). The maximum absolute atomic E-state index is 10.5. The van der Waals surface area contributed by atoms with Crippen molar-refractivity contribution in [2.75, 3.05) is 19.8 Å². The Morgan fingerprint density at radius 2 is 1.40 bits per heavy atom. The van der Waals surface area contributed by atoms with E-state index in [1.54, 1.807) is 0 Å². The first kappa shape index (κ1) is 30.8. The SMILES string of the molecule is CCCCCCC(CCCCC)OC[C@H]1O[C@H](O[C@]2(CO)O[C@H](CO)[C@@H](O)[C@@H]2O)[C@H](O)[C@@H](O)[C@@H]1O. The highest BCUT2D eigenvalue weighted by molar-refractivity contribution is 4.98. The summed E-state index contributed by atoms with van der Waals surface area (Å²) < 4.78 is 22.7. The molecule has 7 N–H and O–H groups in total. The molecule has 208 valence electrons. The number of ether oxygens (including phenoxy) is 4. The van der Waals surface area contributed by atoms with Gasteiger partial charge in [0.05, 0.1) is 19.3 Å². The average Bonchev–Trinajstić information content (AvgIpc) is 3.10. The third-order valence-corrected chi connectivity index (χ3v) is 6.90. The molecule has 0 aliphatic carbocycles. The standard InChI is InChI=1S/C24H46O11/c1-3-5-7-9-11-15(10-8-6-4-2)32-13-17-18(27)20(29)21(30)23(33-17)35-24(14-26)22(31)19(28)16(12-25)34-24/h15-23,25-31H,3-14H2,1-2H3/t15?,16-,17-,18-,19-,20+,21-,22+,23-,24+/m1/s1. The zero-order chi connectivity index (χ0) is 26.0. The summed E-state index contributed by atoms with van der Waals surface area (Å²) in [5.41, 5.74) is 0. The summed E-state index contributed by atoms with van der Waals surface area (Å²) in [6.07, 6.45) is -2.78. The molecule has 0 radical (unpaired) electrons. The predicted molar refractivity (Wildman–Crippen MR) is 124 cm³/mol. The van der Waals surface area contributed by atoms with Crippen molar-refractivity contribution in [1.82, 2.24) is 0 Å². The van der Waals surface area contributed by atoms with E-state index in [1.807, 2.05) is 0 Å². The van der Waals surface area contributed by atoms with Gasteiger partial charge in [-0.3, -0.25) is 0 Å². The minimum Gasteiger partial charge on any atom is -0.394 e. The van der Waals surface area contributed by atoms with Gasteiger partial charge in [-0.25, -0.2) is 0 Å². The molecule has 2 fully saturated rings. The molecular weight excluding hydrogens is 464 g/mol. The Morgan fingerprint density at radius 1 is 0.771 bits per heavy atom. The summed E-state index contributed by atoms with van der Waals surface area (Å²) in [6, 6.07) is 0. The van der Waals surface area contributed by atoms with E-state index in [0.717, 1.165) is 57.8 Å². The van der Waals surface area contributed by atoms with E-state index in [9.17, 15) is 35.7 Å². The Kier molecular flexibility index (Phi) is 13.3. The summed E-state index contributed by atoms with van der Waals surface area (Å²) in [4.78, 5) is 0. The largest absolute Gasteiger partial charge is 0.394 e. The van der Waals surface area contributed by atoms with Crippen LogP contribution in [0.2, 0.25) is 0 Å². The Labute approximate surface area is 207 Å². The van der Waals surface area contributed by atoms with Gasteiger partial charge in [-0.1, -0.05) is 58.8 Å². The van der Waals surface area contributed by atoms with Crippen LogP contribution in [0.1, 0.15) is 71.6 Å². The van der Waals surface area contributed by atoms with Gasteiger partial charge in [0.25, 0.3) is 0 Å². The Balaban J connectivity index is 2.03. The Morgan fingerprint density at radius 3 is 1.97 bits per heavy atom. The molecule has 0 saturated carbocycles. The summed E-state index contributed by atoms with van der Waals surface area (Å²) in [5.74, 6) is -2.20. The summed E-state index contributed by atoms with van der Waals surface area (Å²) in [7, 11) is 0. The van der Waals surface area contributed by atoms with Crippen molar-refractivity contribution < 1.29 is 54.7 Å². The third kappa shape index (κ3) is 8.02. The minimum atomic E-state index is -2.20. The first-order valence-electron chi connectivity index (χ1n) is 13.0. The second-order valence-electron chi connectivity index (χ2n) is 9.68. The smallest absolute Gasteiger partial charge is 0.224 e. The molecular formula is C24H46O11. The molecule has 0 spiro atoms. The molecule has 2 heterocycles. The van der Waals surface area contributed by atoms with Gasteiger partial charge >= 0.3 is 0 Å². The van der Waals surface area contributed by atoms with Crippen LogP contribution in [0.5, 0.6) is 0 Å². The van der Waals surface area contributed by atoms with Gasteiger partial charge in [0.2, 0.25) is 5.79 Å². The van der Waals surface area contributed by atoms with Crippen molar-refractivity contribution in [2.45, 2.75) is 133 Å². The molecule has 0 aromatic rings. The maximum Gasteiger partial charge on any atom is 0.224 e. The molecule has 10 atom stereocenters. The second kappa shape index (κ2) is 15.1. The van der Waals surface area contributed by atoms with Crippen LogP contribution < -0.4 is 0 Å². The van der Waals surface area contributed by atoms with Crippen LogP contribution in [0.4, 0.5) is 0 Å². The van der Waals surface area contributed by atoms with Crippen LogP contribution in [0.25, 0.3) is 0 Å². The van der Waals surface area contributed by atoms with Crippen LogP contribution in [0.3, 0.4) is 0 Å². The fourth-order valence-electron chi connectivity index (χ4n) is 4.58. The van der Waals surface area contributed by atoms with Crippen molar-refractivity contribution in [3.8, 4) is 0 Å². The summed E-state index contributed by atoms with van der Waals surface area (Å²) in [6.45, 7) is 2.64. The van der Waals surface area contributed by atoms with E-state index in [4.69, 9.17) is 18.9 Å². The van der Waals surface area contributed by atoms with E-state index in [-0.39, 0.29) is 12.7 Å². The number of aliphatic hydroxyl groups excluding tert-OH is 7. The summed E-state index contributed by atoms with van der Waals surface area (Å²) in [5, 5.41) is 70.9. The number of aliphatic hydroxyl groups is 7. The van der Waals surface area contributed by atoms with Crippen molar-refractivity contribution in [3.05, 3.63) is 0 Å². The number of hydrogen-bond acceptors (Lipinski definition) is 11. The molecule has 2 aliphatic rings. The third-order valence-electron chi connectivity index (χ3n) is 6.90. The highest BCUT2D eigenvalue weighted by atomic mass is 16.8.